The van der Waals surface area contributed by atoms with Gasteiger partial charge in [0.1, 0.15) is 5.78 Å². The van der Waals surface area contributed by atoms with E-state index in [0.29, 0.717) is 45.2 Å². The Labute approximate surface area is 197 Å². The molecule has 0 aromatic carbocycles. The molecule has 0 radical (unpaired) electrons. The molecule has 0 unspecified atom stereocenters. The Hall–Kier alpha value is -0.630. The number of ketones is 1. The Morgan fingerprint density at radius 1 is 0.969 bits per heavy atom. The van der Waals surface area contributed by atoms with E-state index in [9.17, 15) is 9.90 Å². The summed E-state index contributed by atoms with van der Waals surface area (Å²) in [6.07, 6.45) is 13.0. The van der Waals surface area contributed by atoms with E-state index in [4.69, 9.17) is 0 Å². The van der Waals surface area contributed by atoms with E-state index in [-0.39, 0.29) is 11.5 Å². The SMILES string of the molecule is C=C(CC[C@H](O)C(C)C)[C@H]1CC[C@@]2(C)[C@@H]3CC[C@H]4C(C)(C)C(=O)CC[C@@]45C[C@@]35CC[C@]12C. The van der Waals surface area contributed by atoms with Crippen molar-refractivity contribution in [3.63, 3.8) is 0 Å². The maximum atomic E-state index is 12.8. The molecule has 5 rings (SSSR count). The number of Topliss-reactive ketones (excluding diaryl/α,β-unsaturated/α-hetero) is 1. The highest BCUT2D eigenvalue weighted by molar-refractivity contribution is 5.86. The topological polar surface area (TPSA) is 37.3 Å². The molecule has 2 spiro atoms. The van der Waals surface area contributed by atoms with Gasteiger partial charge in [0, 0.05) is 11.8 Å². The standard InChI is InChI=1S/C30H48O2/c1-19(2)22(31)9-8-20(3)21-12-14-28(7)24-11-10-23-26(4,5)25(32)13-15-29(23)18-30(24,29)17-16-27(21,28)6/h19,21-24,31H,3,8-18H2,1-2,4-7H3/t21-,22+,23+,24+,27-,28+,29-,30+/m1/s1. The molecule has 5 aliphatic carbocycles. The third-order valence-electron chi connectivity index (χ3n) is 12.9. The third-order valence-corrected chi connectivity index (χ3v) is 12.9. The lowest BCUT2D eigenvalue weighted by Gasteiger charge is -2.62. The van der Waals surface area contributed by atoms with Gasteiger partial charge in [0.25, 0.3) is 0 Å². The van der Waals surface area contributed by atoms with Gasteiger partial charge in [-0.2, -0.15) is 0 Å². The van der Waals surface area contributed by atoms with Crippen molar-refractivity contribution >= 4 is 5.78 Å². The predicted molar refractivity (Wildman–Crippen MR) is 131 cm³/mol. The second-order valence-corrected chi connectivity index (χ2v) is 14.3. The Balaban J connectivity index is 1.39. The highest BCUT2D eigenvalue weighted by Crippen LogP contribution is 2.88. The molecule has 0 saturated heterocycles. The molecule has 32 heavy (non-hydrogen) atoms. The number of aliphatic hydroxyl groups is 1. The molecular formula is C30H48O2. The second kappa shape index (κ2) is 6.96. The maximum absolute atomic E-state index is 12.8. The summed E-state index contributed by atoms with van der Waals surface area (Å²) in [4.78, 5) is 12.8. The van der Waals surface area contributed by atoms with Crippen LogP contribution in [0.3, 0.4) is 0 Å². The van der Waals surface area contributed by atoms with Crippen LogP contribution in [0, 0.1) is 50.7 Å². The molecule has 0 aromatic rings. The highest BCUT2D eigenvalue weighted by Gasteiger charge is 2.82. The summed E-state index contributed by atoms with van der Waals surface area (Å²) in [6.45, 7) is 18.6. The van der Waals surface area contributed by atoms with Gasteiger partial charge in [-0.25, -0.2) is 0 Å². The van der Waals surface area contributed by atoms with E-state index >= 15 is 0 Å². The van der Waals surface area contributed by atoms with Gasteiger partial charge in [-0.15, -0.1) is 0 Å². The van der Waals surface area contributed by atoms with Crippen LogP contribution in [0.1, 0.15) is 112 Å². The summed E-state index contributed by atoms with van der Waals surface area (Å²) < 4.78 is 0. The van der Waals surface area contributed by atoms with Crippen molar-refractivity contribution in [3.05, 3.63) is 12.2 Å². The van der Waals surface area contributed by atoms with E-state index in [2.05, 4.69) is 48.1 Å². The number of aliphatic hydroxyl groups excluding tert-OH is 1. The monoisotopic (exact) mass is 440 g/mol. The van der Waals surface area contributed by atoms with Gasteiger partial charge >= 0.3 is 0 Å². The minimum Gasteiger partial charge on any atom is -0.393 e. The molecule has 5 fully saturated rings. The zero-order valence-corrected chi connectivity index (χ0v) is 21.7. The second-order valence-electron chi connectivity index (χ2n) is 14.3. The number of rotatable bonds is 5. The molecule has 5 saturated carbocycles. The molecule has 2 heteroatoms. The van der Waals surface area contributed by atoms with Crippen LogP contribution in [0.25, 0.3) is 0 Å². The summed E-state index contributed by atoms with van der Waals surface area (Å²) in [5, 5.41) is 10.4. The normalized spacial score (nSPS) is 49.6. The zero-order valence-electron chi connectivity index (χ0n) is 21.7. The molecule has 1 N–H and O–H groups in total. The molecule has 0 bridgehead atoms. The van der Waals surface area contributed by atoms with Crippen LogP contribution in [0.4, 0.5) is 0 Å². The average molecular weight is 441 g/mol. The summed E-state index contributed by atoms with van der Waals surface area (Å²) in [6, 6.07) is 0. The molecule has 5 aliphatic rings. The molecule has 8 atom stereocenters. The van der Waals surface area contributed by atoms with Crippen LogP contribution in [0.15, 0.2) is 12.2 Å². The van der Waals surface area contributed by atoms with E-state index in [0.717, 1.165) is 25.2 Å². The van der Waals surface area contributed by atoms with Gasteiger partial charge in [0.05, 0.1) is 6.10 Å². The number of carbonyl (C=O) groups is 1. The molecule has 180 valence electrons. The lowest BCUT2D eigenvalue weighted by Crippen LogP contribution is -2.56. The summed E-state index contributed by atoms with van der Waals surface area (Å²) in [7, 11) is 0. The van der Waals surface area contributed by atoms with Crippen molar-refractivity contribution in [2.75, 3.05) is 0 Å². The van der Waals surface area contributed by atoms with E-state index in [1.807, 2.05) is 0 Å². The molecule has 0 aliphatic heterocycles. The van der Waals surface area contributed by atoms with Crippen LogP contribution < -0.4 is 0 Å². The van der Waals surface area contributed by atoms with Crippen molar-refractivity contribution < 1.29 is 9.90 Å². The fourth-order valence-corrected chi connectivity index (χ4v) is 10.7. The molecule has 0 amide bonds. The lowest BCUT2D eigenvalue weighted by molar-refractivity contribution is -0.154. The smallest absolute Gasteiger partial charge is 0.138 e. The van der Waals surface area contributed by atoms with Crippen molar-refractivity contribution in [2.24, 2.45) is 50.7 Å². The van der Waals surface area contributed by atoms with Crippen LogP contribution in [0.5, 0.6) is 0 Å². The van der Waals surface area contributed by atoms with Crippen LogP contribution >= 0.6 is 0 Å². The van der Waals surface area contributed by atoms with E-state index in [1.165, 1.54) is 56.9 Å². The van der Waals surface area contributed by atoms with Gasteiger partial charge < -0.3 is 5.11 Å². The van der Waals surface area contributed by atoms with Crippen molar-refractivity contribution in [1.82, 2.24) is 0 Å². The number of hydrogen-bond donors (Lipinski definition) is 1. The first-order valence-corrected chi connectivity index (χ1v) is 13.7. The van der Waals surface area contributed by atoms with Gasteiger partial charge in [-0.05, 0) is 110 Å². The van der Waals surface area contributed by atoms with Crippen LogP contribution in [-0.4, -0.2) is 17.0 Å². The quantitative estimate of drug-likeness (QED) is 0.454. The molecule has 0 aromatic heterocycles. The highest BCUT2D eigenvalue weighted by atomic mass is 16.3. The van der Waals surface area contributed by atoms with Crippen molar-refractivity contribution in [2.45, 2.75) is 118 Å². The number of hydrogen-bond acceptors (Lipinski definition) is 2. The van der Waals surface area contributed by atoms with Gasteiger partial charge in [-0.1, -0.05) is 53.7 Å². The first-order valence-electron chi connectivity index (χ1n) is 13.7. The first-order chi connectivity index (χ1) is 14.9. The van der Waals surface area contributed by atoms with E-state index in [1.54, 1.807) is 0 Å². The first kappa shape index (κ1) is 23.1. The maximum Gasteiger partial charge on any atom is 0.138 e. The average Bonchev–Trinajstić information content (AvgIpc) is 3.31. The molecule has 2 nitrogen and oxygen atoms in total. The largest absolute Gasteiger partial charge is 0.393 e. The lowest BCUT2D eigenvalue weighted by atomic mass is 9.42. The van der Waals surface area contributed by atoms with Crippen molar-refractivity contribution in [1.29, 1.82) is 0 Å². The zero-order chi connectivity index (χ0) is 23.3. The third kappa shape index (κ3) is 2.65. The fourth-order valence-electron chi connectivity index (χ4n) is 10.7. The Morgan fingerprint density at radius 2 is 1.62 bits per heavy atom. The number of allylic oxidation sites excluding steroid dienone is 1. The van der Waals surface area contributed by atoms with E-state index < -0.39 is 0 Å². The molecular weight excluding hydrogens is 392 g/mol. The molecule has 0 heterocycles. The van der Waals surface area contributed by atoms with Gasteiger partial charge in [0.2, 0.25) is 0 Å². The predicted octanol–water partition coefficient (Wildman–Crippen LogP) is 7.35. The summed E-state index contributed by atoms with van der Waals surface area (Å²) >= 11 is 0. The Kier molecular flexibility index (Phi) is 5.03. The van der Waals surface area contributed by atoms with Crippen molar-refractivity contribution in [3.8, 4) is 0 Å². The van der Waals surface area contributed by atoms with Gasteiger partial charge in [-0.3, -0.25) is 4.79 Å². The summed E-state index contributed by atoms with van der Waals surface area (Å²) in [5.74, 6) is 2.91. The van der Waals surface area contributed by atoms with Crippen LogP contribution in [-0.2, 0) is 4.79 Å². The fraction of sp³-hybridized carbons (Fsp3) is 0.900. The number of carbonyl (C=O) groups excluding carboxylic acids is 1. The Morgan fingerprint density at radius 3 is 2.31 bits per heavy atom. The Bertz CT molecular complexity index is 825. The van der Waals surface area contributed by atoms with Gasteiger partial charge in [0.15, 0.2) is 0 Å². The summed E-state index contributed by atoms with van der Waals surface area (Å²) in [5.41, 5.74) is 3.03. The number of fused-ring (bicyclic) bond motifs is 2. The minimum atomic E-state index is -0.207. The van der Waals surface area contributed by atoms with Crippen LogP contribution in [0.2, 0.25) is 0 Å². The minimum absolute atomic E-state index is 0.113.